The predicted octanol–water partition coefficient (Wildman–Crippen LogP) is -0.254. The summed E-state index contributed by atoms with van der Waals surface area (Å²) in [5.74, 6) is -3.95. The highest BCUT2D eigenvalue weighted by atomic mass is 19.1. The molecule has 1 unspecified atom stereocenters. The van der Waals surface area contributed by atoms with Gasteiger partial charge in [0.15, 0.2) is 0 Å². The average molecular weight is 256 g/mol. The van der Waals surface area contributed by atoms with Gasteiger partial charge in [-0.25, -0.2) is 4.39 Å². The second-order valence-electron chi connectivity index (χ2n) is 4.15. The number of rotatable bonds is 3. The normalized spacial score (nSPS) is 31.0. The summed E-state index contributed by atoms with van der Waals surface area (Å²) >= 11 is 0. The first kappa shape index (κ1) is 12.4. The van der Waals surface area contributed by atoms with Crippen molar-refractivity contribution >= 4 is 11.9 Å². The van der Waals surface area contributed by atoms with E-state index in [1.54, 1.807) is 0 Å². The molecule has 0 bridgehead atoms. The number of carbonyl (C=O) groups excluding carboxylic acids is 1. The van der Waals surface area contributed by atoms with E-state index in [2.05, 4.69) is 10.6 Å². The molecular formula is C11H13FN2O4. The minimum Gasteiger partial charge on any atom is -0.495 e. The van der Waals surface area contributed by atoms with E-state index in [0.29, 0.717) is 5.76 Å². The number of nitrogens with one attached hydrogen (secondary N) is 2. The highest BCUT2D eigenvalue weighted by Crippen LogP contribution is 2.29. The smallest absolute Gasteiger partial charge is 0.316 e. The van der Waals surface area contributed by atoms with Crippen molar-refractivity contribution in [1.29, 1.82) is 0 Å². The Labute approximate surface area is 102 Å². The largest absolute Gasteiger partial charge is 0.495 e. The average Bonchev–Trinajstić information content (AvgIpc) is 2.70. The van der Waals surface area contributed by atoms with Crippen LogP contribution in [0.5, 0.6) is 0 Å². The molecule has 2 aliphatic rings. The minimum atomic E-state index is -1.24. The molecule has 3 atom stereocenters. The van der Waals surface area contributed by atoms with Gasteiger partial charge in [-0.1, -0.05) is 0 Å². The molecule has 0 aromatic rings. The van der Waals surface area contributed by atoms with Gasteiger partial charge in [-0.05, 0) is 0 Å². The van der Waals surface area contributed by atoms with Gasteiger partial charge in [0.1, 0.15) is 17.5 Å². The third-order valence-electron chi connectivity index (χ3n) is 3.13. The summed E-state index contributed by atoms with van der Waals surface area (Å²) in [6.45, 7) is 0.130. The fourth-order valence-electron chi connectivity index (χ4n) is 2.21. The second kappa shape index (κ2) is 4.67. The van der Waals surface area contributed by atoms with Crippen molar-refractivity contribution in [3.8, 4) is 0 Å². The number of carboxylic acids is 1. The number of aliphatic carboxylic acids is 1. The van der Waals surface area contributed by atoms with Gasteiger partial charge in [0, 0.05) is 24.7 Å². The zero-order valence-corrected chi connectivity index (χ0v) is 9.64. The Hall–Kier alpha value is -2.05. The van der Waals surface area contributed by atoms with Crippen molar-refractivity contribution in [1.82, 2.24) is 10.6 Å². The van der Waals surface area contributed by atoms with E-state index >= 15 is 0 Å². The van der Waals surface area contributed by atoms with Crippen LogP contribution in [0.15, 0.2) is 23.9 Å². The number of amides is 1. The third-order valence-corrected chi connectivity index (χ3v) is 3.13. The molecule has 2 aliphatic heterocycles. The van der Waals surface area contributed by atoms with Crippen LogP contribution in [0.3, 0.4) is 0 Å². The molecule has 18 heavy (non-hydrogen) atoms. The van der Waals surface area contributed by atoms with Gasteiger partial charge in [-0.3, -0.25) is 9.59 Å². The Balaban J connectivity index is 2.19. The molecule has 0 spiro atoms. The van der Waals surface area contributed by atoms with Crippen LogP contribution in [0.25, 0.3) is 0 Å². The van der Waals surface area contributed by atoms with Gasteiger partial charge in [-0.2, -0.15) is 0 Å². The molecule has 0 aromatic heterocycles. The maximum Gasteiger partial charge on any atom is 0.316 e. The Morgan fingerprint density at radius 3 is 2.89 bits per heavy atom. The molecule has 6 nitrogen and oxygen atoms in total. The molecule has 2 rings (SSSR count). The number of hydrogen-bond acceptors (Lipinski definition) is 4. The van der Waals surface area contributed by atoms with Crippen molar-refractivity contribution in [2.75, 3.05) is 13.7 Å². The van der Waals surface area contributed by atoms with E-state index in [9.17, 15) is 14.0 Å². The molecule has 0 aliphatic carbocycles. The summed E-state index contributed by atoms with van der Waals surface area (Å²) in [5.41, 5.74) is 0. The first-order valence-electron chi connectivity index (χ1n) is 5.42. The van der Waals surface area contributed by atoms with Gasteiger partial charge >= 0.3 is 5.97 Å². The SMILES string of the molecule is COC1=CNC([C@@H]2CNC(=O)[C@H]2C(=O)O)C(F)=C1. The Morgan fingerprint density at radius 1 is 1.61 bits per heavy atom. The second-order valence-corrected chi connectivity index (χ2v) is 4.15. The fourth-order valence-corrected chi connectivity index (χ4v) is 2.21. The summed E-state index contributed by atoms with van der Waals surface area (Å²) in [5, 5.41) is 14.2. The van der Waals surface area contributed by atoms with E-state index in [1.807, 2.05) is 0 Å². The van der Waals surface area contributed by atoms with Gasteiger partial charge in [0.05, 0.1) is 13.2 Å². The van der Waals surface area contributed by atoms with Gasteiger partial charge in [0.2, 0.25) is 5.91 Å². The van der Waals surface area contributed by atoms with Crippen molar-refractivity contribution in [2.24, 2.45) is 11.8 Å². The van der Waals surface area contributed by atoms with Crippen LogP contribution in [-0.4, -0.2) is 36.7 Å². The highest BCUT2D eigenvalue weighted by molar-refractivity contribution is 5.99. The van der Waals surface area contributed by atoms with E-state index in [1.165, 1.54) is 19.4 Å². The van der Waals surface area contributed by atoms with Gasteiger partial charge in [-0.15, -0.1) is 0 Å². The summed E-state index contributed by atoms with van der Waals surface area (Å²) in [6.07, 6.45) is 2.64. The minimum absolute atomic E-state index is 0.130. The summed E-state index contributed by atoms with van der Waals surface area (Å²) in [7, 11) is 1.40. The number of hydrogen-bond donors (Lipinski definition) is 3. The van der Waals surface area contributed by atoms with Crippen LogP contribution in [0.4, 0.5) is 4.39 Å². The summed E-state index contributed by atoms with van der Waals surface area (Å²) < 4.78 is 18.7. The molecule has 3 N–H and O–H groups in total. The third kappa shape index (κ3) is 2.03. The van der Waals surface area contributed by atoms with Crippen LogP contribution in [0.1, 0.15) is 0 Å². The lowest BCUT2D eigenvalue weighted by Gasteiger charge is -2.26. The number of halogens is 1. The maximum atomic E-state index is 13.8. The number of carbonyl (C=O) groups is 2. The van der Waals surface area contributed by atoms with Crippen molar-refractivity contribution in [3.63, 3.8) is 0 Å². The van der Waals surface area contributed by atoms with Crippen LogP contribution < -0.4 is 10.6 Å². The summed E-state index contributed by atoms with van der Waals surface area (Å²) in [4.78, 5) is 22.4. The monoisotopic (exact) mass is 256 g/mol. The number of allylic oxidation sites excluding steroid dienone is 1. The first-order valence-corrected chi connectivity index (χ1v) is 5.42. The topological polar surface area (TPSA) is 87.7 Å². The zero-order chi connectivity index (χ0) is 13.3. The number of dihydropyridines is 1. The first-order chi connectivity index (χ1) is 8.54. The van der Waals surface area contributed by atoms with E-state index in [0.717, 1.165) is 0 Å². The lowest BCUT2D eigenvalue weighted by Crippen LogP contribution is -2.42. The quantitative estimate of drug-likeness (QED) is 0.606. The number of carboxylic acid groups (broad SMARTS) is 1. The maximum absolute atomic E-state index is 13.8. The van der Waals surface area contributed by atoms with Crippen molar-refractivity contribution in [2.45, 2.75) is 6.04 Å². The van der Waals surface area contributed by atoms with Crippen LogP contribution in [0, 0.1) is 11.8 Å². The fraction of sp³-hybridized carbons (Fsp3) is 0.455. The number of methoxy groups -OCH3 is 1. The molecule has 2 heterocycles. The van der Waals surface area contributed by atoms with E-state index in [4.69, 9.17) is 9.84 Å². The molecule has 0 radical (unpaired) electrons. The number of ether oxygens (including phenoxy) is 1. The molecule has 98 valence electrons. The lowest BCUT2D eigenvalue weighted by molar-refractivity contribution is -0.147. The zero-order valence-electron chi connectivity index (χ0n) is 9.64. The van der Waals surface area contributed by atoms with E-state index < -0.39 is 35.6 Å². The molecule has 0 saturated carbocycles. The standard InChI is InChI=1S/C11H13FN2O4/c1-18-5-2-7(12)9(13-3-5)6-4-14-10(15)8(6)11(16)17/h2-3,6,8-9,13H,4H2,1H3,(H,14,15)(H,16,17)/t6-,8+,9?/m1/s1. The Kier molecular flexibility index (Phi) is 3.22. The van der Waals surface area contributed by atoms with Gasteiger partial charge < -0.3 is 20.5 Å². The molecule has 1 fully saturated rings. The van der Waals surface area contributed by atoms with Crippen LogP contribution >= 0.6 is 0 Å². The highest BCUT2D eigenvalue weighted by Gasteiger charge is 2.46. The predicted molar refractivity (Wildman–Crippen MR) is 58.8 cm³/mol. The van der Waals surface area contributed by atoms with E-state index in [-0.39, 0.29) is 6.54 Å². The van der Waals surface area contributed by atoms with Crippen molar-refractivity contribution < 1.29 is 23.8 Å². The Bertz CT molecular complexity index is 446. The molecule has 1 amide bonds. The van der Waals surface area contributed by atoms with Crippen LogP contribution in [0.2, 0.25) is 0 Å². The van der Waals surface area contributed by atoms with Gasteiger partial charge in [0.25, 0.3) is 0 Å². The lowest BCUT2D eigenvalue weighted by atomic mass is 9.87. The molecule has 1 saturated heterocycles. The van der Waals surface area contributed by atoms with Crippen LogP contribution in [-0.2, 0) is 14.3 Å². The Morgan fingerprint density at radius 2 is 2.33 bits per heavy atom. The summed E-state index contributed by atoms with van der Waals surface area (Å²) in [6, 6.07) is -0.830. The molecular weight excluding hydrogens is 243 g/mol. The molecule has 7 heteroatoms. The van der Waals surface area contributed by atoms with Crippen molar-refractivity contribution in [3.05, 3.63) is 23.9 Å². The molecule has 0 aromatic carbocycles.